The van der Waals surface area contributed by atoms with Gasteiger partial charge in [0.25, 0.3) is 12.0 Å². The summed E-state index contributed by atoms with van der Waals surface area (Å²) in [6, 6.07) is 6.52. The Labute approximate surface area is 188 Å². The van der Waals surface area contributed by atoms with Gasteiger partial charge in [-0.2, -0.15) is 0 Å². The van der Waals surface area contributed by atoms with Gasteiger partial charge >= 0.3 is 0 Å². The van der Waals surface area contributed by atoms with Crippen LogP contribution in [0.1, 0.15) is 35.1 Å². The molecule has 1 aliphatic rings. The number of hydrogen-bond donors (Lipinski definition) is 2. The average Bonchev–Trinajstić information content (AvgIpc) is 2.77. The maximum atomic E-state index is 14.0. The maximum Gasteiger partial charge on any atom is 0.264 e. The fraction of sp³-hybridized carbons (Fsp3) is 0.261. The number of aryl methyl sites for hydroxylation is 3. The molecule has 0 atom stereocenters. The number of fused-ring (bicyclic) bond motifs is 2. The van der Waals surface area contributed by atoms with Gasteiger partial charge in [0.05, 0.1) is 5.52 Å². The molecule has 32 heavy (non-hydrogen) atoms. The molecule has 0 saturated carbocycles. The largest absolute Gasteiger partial charge is 0.404 e. The molecule has 0 fully saturated rings. The lowest BCUT2D eigenvalue weighted by molar-refractivity contribution is 0.151. The number of benzene rings is 1. The Bertz CT molecular complexity index is 1330. The zero-order valence-electron chi connectivity index (χ0n) is 17.6. The molecule has 9 heteroatoms. The first-order valence-corrected chi connectivity index (χ1v) is 10.5. The van der Waals surface area contributed by atoms with Crippen molar-refractivity contribution in [3.8, 4) is 0 Å². The molecule has 6 nitrogen and oxygen atoms in total. The molecule has 3 N–H and O–H groups in total. The Morgan fingerprint density at radius 2 is 2.06 bits per heavy atom. The number of hydrogen-bond acceptors (Lipinski definition) is 5. The summed E-state index contributed by atoms with van der Waals surface area (Å²) in [6.45, 7) is 2.28. The third kappa shape index (κ3) is 3.54. The molecule has 166 valence electrons. The summed E-state index contributed by atoms with van der Waals surface area (Å²) in [4.78, 5) is 18.8. The zero-order chi connectivity index (χ0) is 23.2. The number of halogens is 3. The van der Waals surface area contributed by atoms with Crippen LogP contribution in [-0.2, 0) is 13.5 Å². The molecule has 3 heterocycles. The first-order chi connectivity index (χ1) is 15.3. The summed E-state index contributed by atoms with van der Waals surface area (Å²) < 4.78 is 29.5. The van der Waals surface area contributed by atoms with Gasteiger partial charge in [0.2, 0.25) is 0 Å². The second-order valence-corrected chi connectivity index (χ2v) is 8.17. The molecule has 0 spiro atoms. The lowest BCUT2D eigenvalue weighted by atomic mass is 9.92. The number of rotatable bonds is 4. The Kier molecular flexibility index (Phi) is 5.73. The fourth-order valence-corrected chi connectivity index (χ4v) is 4.47. The Morgan fingerprint density at radius 1 is 1.31 bits per heavy atom. The second kappa shape index (κ2) is 8.35. The van der Waals surface area contributed by atoms with E-state index in [1.165, 1.54) is 10.6 Å². The van der Waals surface area contributed by atoms with Gasteiger partial charge in [0.1, 0.15) is 11.0 Å². The molecular formula is C23H22ClF2N5O. The quantitative estimate of drug-likeness (QED) is 0.432. The molecule has 0 amide bonds. The summed E-state index contributed by atoms with van der Waals surface area (Å²) in [5.41, 5.74) is 8.35. The SMILES string of the molecule is Cc1cc2c(N3CCCc4cc(/C(C=N)=C/N)c(C(F)F)cc43)nc(Cl)cc2n(C)c1=O. The second-order valence-electron chi connectivity index (χ2n) is 7.78. The summed E-state index contributed by atoms with van der Waals surface area (Å²) >= 11 is 6.30. The van der Waals surface area contributed by atoms with Crippen molar-refractivity contribution in [2.45, 2.75) is 26.2 Å². The molecule has 0 saturated heterocycles. The van der Waals surface area contributed by atoms with Crippen LogP contribution in [0.5, 0.6) is 0 Å². The van der Waals surface area contributed by atoms with E-state index in [4.69, 9.17) is 22.7 Å². The smallest absolute Gasteiger partial charge is 0.264 e. The summed E-state index contributed by atoms with van der Waals surface area (Å²) in [6.07, 6.45) is 0.850. The molecule has 0 radical (unpaired) electrons. The van der Waals surface area contributed by atoms with Gasteiger partial charge in [-0.25, -0.2) is 13.8 Å². The van der Waals surface area contributed by atoms with Crippen molar-refractivity contribution in [3.05, 3.63) is 68.2 Å². The summed E-state index contributed by atoms with van der Waals surface area (Å²) in [7, 11) is 1.67. The van der Waals surface area contributed by atoms with Crippen molar-refractivity contribution in [3.63, 3.8) is 0 Å². The number of anilines is 2. The summed E-state index contributed by atoms with van der Waals surface area (Å²) in [5.74, 6) is 0.516. The first kappa shape index (κ1) is 22.0. The summed E-state index contributed by atoms with van der Waals surface area (Å²) in [5, 5.41) is 8.46. The molecule has 3 aromatic rings. The van der Waals surface area contributed by atoms with E-state index in [1.54, 1.807) is 32.2 Å². The predicted molar refractivity (Wildman–Crippen MR) is 124 cm³/mol. The highest BCUT2D eigenvalue weighted by Crippen LogP contribution is 2.41. The third-order valence-electron chi connectivity index (χ3n) is 5.86. The fourth-order valence-electron chi connectivity index (χ4n) is 4.29. The van der Waals surface area contributed by atoms with E-state index in [0.29, 0.717) is 40.9 Å². The highest BCUT2D eigenvalue weighted by molar-refractivity contribution is 6.30. The van der Waals surface area contributed by atoms with Crippen molar-refractivity contribution < 1.29 is 8.78 Å². The van der Waals surface area contributed by atoms with E-state index in [1.807, 2.05) is 4.90 Å². The molecule has 0 bridgehead atoms. The van der Waals surface area contributed by atoms with Gasteiger partial charge in [-0.1, -0.05) is 11.6 Å². The topological polar surface area (TPSA) is 88.0 Å². The molecule has 1 aliphatic heterocycles. The Hall–Kier alpha value is -3.26. The van der Waals surface area contributed by atoms with E-state index in [2.05, 4.69) is 4.98 Å². The third-order valence-corrected chi connectivity index (χ3v) is 6.05. The predicted octanol–water partition coefficient (Wildman–Crippen LogP) is 4.87. The number of pyridine rings is 2. The van der Waals surface area contributed by atoms with Gasteiger partial charge in [0, 0.05) is 59.8 Å². The standard InChI is InChI=1S/C23H22ClF2N5O/c1-12-6-17-19(30(2)23(12)32)9-20(24)29-22(17)31-5-3-4-13-7-15(14(10-27)11-28)16(21(25)26)8-18(13)31/h6-11,21,27H,3-5,28H2,1-2H3/b14-11+,27-10?. The molecule has 2 aromatic heterocycles. The molecule has 0 unspecified atom stereocenters. The number of nitrogens with two attached hydrogens (primary N) is 1. The highest BCUT2D eigenvalue weighted by atomic mass is 35.5. The number of aromatic nitrogens is 2. The molecule has 0 aliphatic carbocycles. The van der Waals surface area contributed by atoms with E-state index in [0.717, 1.165) is 24.4 Å². The monoisotopic (exact) mass is 457 g/mol. The van der Waals surface area contributed by atoms with Gasteiger partial charge in [0.15, 0.2) is 0 Å². The van der Waals surface area contributed by atoms with E-state index >= 15 is 0 Å². The van der Waals surface area contributed by atoms with Gasteiger partial charge < -0.3 is 20.6 Å². The van der Waals surface area contributed by atoms with E-state index in [-0.39, 0.29) is 27.4 Å². The number of nitrogens with zero attached hydrogens (tertiary/aromatic N) is 3. The number of alkyl halides is 2. The van der Waals surface area contributed by atoms with Crippen LogP contribution in [0.4, 0.5) is 20.3 Å². The Morgan fingerprint density at radius 3 is 2.72 bits per heavy atom. The first-order valence-electron chi connectivity index (χ1n) is 10.1. The normalized spacial score (nSPS) is 14.2. The Balaban J connectivity index is 2.00. The number of nitrogens with one attached hydrogen (secondary N) is 1. The van der Waals surface area contributed by atoms with Crippen molar-refractivity contribution in [1.29, 1.82) is 5.41 Å². The van der Waals surface area contributed by atoms with Crippen LogP contribution in [0, 0.1) is 12.3 Å². The van der Waals surface area contributed by atoms with Crippen LogP contribution in [0.2, 0.25) is 5.15 Å². The van der Waals surface area contributed by atoms with E-state index < -0.39 is 6.43 Å². The maximum absolute atomic E-state index is 14.0. The van der Waals surface area contributed by atoms with E-state index in [9.17, 15) is 13.6 Å². The van der Waals surface area contributed by atoms with Crippen LogP contribution in [-0.4, -0.2) is 22.3 Å². The zero-order valence-corrected chi connectivity index (χ0v) is 18.4. The van der Waals surface area contributed by atoms with Crippen molar-refractivity contribution in [2.75, 3.05) is 11.4 Å². The minimum atomic E-state index is -2.75. The molecular weight excluding hydrogens is 436 g/mol. The van der Waals surface area contributed by atoms with Crippen LogP contribution in [0.3, 0.4) is 0 Å². The minimum absolute atomic E-state index is 0.137. The number of allylic oxidation sites excluding steroid dienone is 1. The lowest BCUT2D eigenvalue weighted by Crippen LogP contribution is -2.27. The molecule has 4 rings (SSSR count). The van der Waals surface area contributed by atoms with Gasteiger partial charge in [-0.3, -0.25) is 4.79 Å². The van der Waals surface area contributed by atoms with Crippen molar-refractivity contribution in [1.82, 2.24) is 9.55 Å². The van der Waals surface area contributed by atoms with Gasteiger partial charge in [-0.15, -0.1) is 0 Å². The average molecular weight is 458 g/mol. The van der Waals surface area contributed by atoms with Crippen molar-refractivity contribution >= 4 is 45.8 Å². The van der Waals surface area contributed by atoms with Crippen LogP contribution in [0.25, 0.3) is 16.5 Å². The van der Waals surface area contributed by atoms with Crippen LogP contribution < -0.4 is 16.2 Å². The van der Waals surface area contributed by atoms with Gasteiger partial charge in [-0.05, 0) is 49.1 Å². The van der Waals surface area contributed by atoms with Crippen molar-refractivity contribution in [2.24, 2.45) is 12.8 Å². The lowest BCUT2D eigenvalue weighted by Gasteiger charge is -2.32. The van der Waals surface area contributed by atoms with Crippen LogP contribution in [0.15, 0.2) is 35.3 Å². The van der Waals surface area contributed by atoms with Crippen LogP contribution >= 0.6 is 11.6 Å². The molecule has 1 aromatic carbocycles. The minimum Gasteiger partial charge on any atom is -0.404 e. The highest BCUT2D eigenvalue weighted by Gasteiger charge is 2.27.